The van der Waals surface area contributed by atoms with E-state index in [1.165, 1.54) is 19.3 Å². The molecule has 3 rings (SSSR count). The van der Waals surface area contributed by atoms with Gasteiger partial charge in [0.05, 0.1) is 17.3 Å². The maximum atomic E-state index is 12.5. The van der Waals surface area contributed by atoms with Crippen LogP contribution in [0.3, 0.4) is 0 Å². The molecule has 21 heavy (non-hydrogen) atoms. The van der Waals surface area contributed by atoms with E-state index in [4.69, 9.17) is 0 Å². The quantitative estimate of drug-likeness (QED) is 0.934. The Bertz CT molecular complexity index is 616. The maximum absolute atomic E-state index is 12.5. The lowest BCUT2D eigenvalue weighted by molar-refractivity contribution is 0.0790. The van der Waals surface area contributed by atoms with Gasteiger partial charge in [-0.3, -0.25) is 4.79 Å². The Morgan fingerprint density at radius 1 is 1.48 bits per heavy atom. The highest BCUT2D eigenvalue weighted by molar-refractivity contribution is 6.00. The van der Waals surface area contributed by atoms with E-state index in [2.05, 4.69) is 10.4 Å². The number of aromatic nitrogens is 2. The summed E-state index contributed by atoms with van der Waals surface area (Å²) in [6.45, 7) is 1.89. The van der Waals surface area contributed by atoms with E-state index >= 15 is 0 Å². The lowest BCUT2D eigenvalue weighted by atomic mass is 10.0. The van der Waals surface area contributed by atoms with Crippen LogP contribution in [0.5, 0.6) is 0 Å². The minimum atomic E-state index is 0.0482. The molecule has 1 amide bonds. The number of pyridine rings is 1. The molecule has 2 aromatic heterocycles. The van der Waals surface area contributed by atoms with Crippen LogP contribution in [0.1, 0.15) is 36.0 Å². The number of piperidine rings is 1. The Balaban J connectivity index is 1.64. The van der Waals surface area contributed by atoms with Gasteiger partial charge in [0.1, 0.15) is 0 Å². The molecule has 1 N–H and O–H groups in total. The van der Waals surface area contributed by atoms with Crippen molar-refractivity contribution in [3.8, 4) is 0 Å². The monoisotopic (exact) mass is 286 g/mol. The van der Waals surface area contributed by atoms with Gasteiger partial charge in [-0.1, -0.05) is 12.5 Å². The Labute approximate surface area is 124 Å². The van der Waals surface area contributed by atoms with Gasteiger partial charge in [-0.25, -0.2) is 4.52 Å². The third kappa shape index (κ3) is 3.08. The Hall–Kier alpha value is -1.88. The van der Waals surface area contributed by atoms with Crippen LogP contribution < -0.4 is 5.32 Å². The highest BCUT2D eigenvalue weighted by Crippen LogP contribution is 2.14. The lowest BCUT2D eigenvalue weighted by Crippen LogP contribution is -2.38. The average Bonchev–Trinajstić information content (AvgIpc) is 2.97. The average molecular weight is 286 g/mol. The maximum Gasteiger partial charge on any atom is 0.257 e. The van der Waals surface area contributed by atoms with Crippen molar-refractivity contribution in [2.24, 2.45) is 0 Å². The van der Waals surface area contributed by atoms with Crippen molar-refractivity contribution in [3.63, 3.8) is 0 Å². The largest absolute Gasteiger partial charge is 0.342 e. The van der Waals surface area contributed by atoms with E-state index in [1.54, 1.807) is 15.6 Å². The standard InChI is InChI=1S/C16H22N4O/c1-19(11-8-13-6-2-4-9-17-13)16(21)14-12-18-20-10-5-3-7-15(14)20/h3,5,7,10,12-13,17H,2,4,6,8-9,11H2,1H3. The molecule has 1 unspecified atom stereocenters. The second-order valence-electron chi connectivity index (χ2n) is 5.75. The fourth-order valence-corrected chi connectivity index (χ4v) is 2.93. The molecule has 1 aliphatic heterocycles. The van der Waals surface area contributed by atoms with E-state index in [0.717, 1.165) is 25.0 Å². The summed E-state index contributed by atoms with van der Waals surface area (Å²) in [6.07, 6.45) is 8.32. The molecule has 0 aromatic carbocycles. The van der Waals surface area contributed by atoms with Crippen LogP contribution in [0.2, 0.25) is 0 Å². The SMILES string of the molecule is CN(CCC1CCCCN1)C(=O)c1cnn2ccccc12. The summed E-state index contributed by atoms with van der Waals surface area (Å²) in [6, 6.07) is 6.32. The number of nitrogens with zero attached hydrogens (tertiary/aromatic N) is 3. The minimum absolute atomic E-state index is 0.0482. The molecule has 1 aliphatic rings. The first-order valence-electron chi connectivity index (χ1n) is 7.67. The third-order valence-electron chi connectivity index (χ3n) is 4.23. The van der Waals surface area contributed by atoms with Crippen molar-refractivity contribution in [3.05, 3.63) is 36.2 Å². The van der Waals surface area contributed by atoms with Crippen LogP contribution in [0, 0.1) is 0 Å². The number of nitrogens with one attached hydrogen (secondary N) is 1. The van der Waals surface area contributed by atoms with Gasteiger partial charge in [0.15, 0.2) is 0 Å². The first kappa shape index (κ1) is 14.1. The van der Waals surface area contributed by atoms with E-state index in [-0.39, 0.29) is 5.91 Å². The van der Waals surface area contributed by atoms with E-state index in [1.807, 2.05) is 31.4 Å². The van der Waals surface area contributed by atoms with Crippen LogP contribution in [0.25, 0.3) is 5.52 Å². The molecule has 1 saturated heterocycles. The Kier molecular flexibility index (Phi) is 4.20. The van der Waals surface area contributed by atoms with Gasteiger partial charge in [-0.2, -0.15) is 5.10 Å². The van der Waals surface area contributed by atoms with Gasteiger partial charge >= 0.3 is 0 Å². The number of hydrogen-bond acceptors (Lipinski definition) is 3. The number of fused-ring (bicyclic) bond motifs is 1. The molecule has 1 fully saturated rings. The number of carbonyl (C=O) groups excluding carboxylic acids is 1. The first-order chi connectivity index (χ1) is 10.3. The molecule has 112 valence electrons. The molecule has 2 aromatic rings. The predicted octanol–water partition coefficient (Wildman–Crippen LogP) is 1.94. The lowest BCUT2D eigenvalue weighted by Gasteiger charge is -2.25. The fourth-order valence-electron chi connectivity index (χ4n) is 2.93. The highest BCUT2D eigenvalue weighted by atomic mass is 16.2. The number of amides is 1. The number of carbonyl (C=O) groups is 1. The molecule has 0 spiro atoms. The predicted molar refractivity (Wildman–Crippen MR) is 82.4 cm³/mol. The van der Waals surface area contributed by atoms with Crippen LogP contribution in [-0.4, -0.2) is 46.6 Å². The molecule has 0 bridgehead atoms. The van der Waals surface area contributed by atoms with Crippen LogP contribution in [0.4, 0.5) is 0 Å². The summed E-state index contributed by atoms with van der Waals surface area (Å²) in [5.74, 6) is 0.0482. The highest BCUT2D eigenvalue weighted by Gasteiger charge is 2.18. The van der Waals surface area contributed by atoms with Crippen molar-refractivity contribution >= 4 is 11.4 Å². The summed E-state index contributed by atoms with van der Waals surface area (Å²) < 4.78 is 1.74. The zero-order valence-electron chi connectivity index (χ0n) is 12.5. The second kappa shape index (κ2) is 6.26. The zero-order chi connectivity index (χ0) is 14.7. The molecule has 5 nitrogen and oxygen atoms in total. The van der Waals surface area contributed by atoms with Gasteiger partial charge in [0, 0.05) is 25.8 Å². The molecule has 3 heterocycles. The minimum Gasteiger partial charge on any atom is -0.342 e. The molecule has 0 saturated carbocycles. The Morgan fingerprint density at radius 3 is 3.19 bits per heavy atom. The summed E-state index contributed by atoms with van der Waals surface area (Å²) in [5, 5.41) is 7.75. The van der Waals surface area contributed by atoms with E-state index < -0.39 is 0 Å². The van der Waals surface area contributed by atoms with Crippen molar-refractivity contribution in [1.82, 2.24) is 19.8 Å². The molecule has 1 atom stereocenters. The fraction of sp³-hybridized carbons (Fsp3) is 0.500. The summed E-state index contributed by atoms with van der Waals surface area (Å²) in [5.41, 5.74) is 1.54. The zero-order valence-corrected chi connectivity index (χ0v) is 12.5. The molecule has 0 radical (unpaired) electrons. The van der Waals surface area contributed by atoms with Crippen LogP contribution in [0.15, 0.2) is 30.6 Å². The first-order valence-corrected chi connectivity index (χ1v) is 7.67. The smallest absolute Gasteiger partial charge is 0.257 e. The summed E-state index contributed by atoms with van der Waals surface area (Å²) in [4.78, 5) is 14.4. The van der Waals surface area contributed by atoms with E-state index in [0.29, 0.717) is 11.6 Å². The normalized spacial score (nSPS) is 18.8. The van der Waals surface area contributed by atoms with Gasteiger partial charge < -0.3 is 10.2 Å². The van der Waals surface area contributed by atoms with Crippen molar-refractivity contribution in [2.75, 3.05) is 20.1 Å². The van der Waals surface area contributed by atoms with Gasteiger partial charge in [0.2, 0.25) is 0 Å². The van der Waals surface area contributed by atoms with Gasteiger partial charge in [0.25, 0.3) is 5.91 Å². The van der Waals surface area contributed by atoms with Crippen molar-refractivity contribution in [1.29, 1.82) is 0 Å². The molecule has 0 aliphatic carbocycles. The van der Waals surface area contributed by atoms with E-state index in [9.17, 15) is 4.79 Å². The second-order valence-corrected chi connectivity index (χ2v) is 5.75. The Morgan fingerprint density at radius 2 is 2.38 bits per heavy atom. The summed E-state index contributed by atoms with van der Waals surface area (Å²) in [7, 11) is 1.87. The van der Waals surface area contributed by atoms with Crippen molar-refractivity contribution in [2.45, 2.75) is 31.7 Å². The molecular formula is C16H22N4O. The van der Waals surface area contributed by atoms with Gasteiger partial charge in [-0.05, 0) is 37.9 Å². The van der Waals surface area contributed by atoms with Crippen LogP contribution >= 0.6 is 0 Å². The number of hydrogen-bond donors (Lipinski definition) is 1. The van der Waals surface area contributed by atoms with Crippen molar-refractivity contribution < 1.29 is 4.79 Å². The number of rotatable bonds is 4. The van der Waals surface area contributed by atoms with Gasteiger partial charge in [-0.15, -0.1) is 0 Å². The molecular weight excluding hydrogens is 264 g/mol. The van der Waals surface area contributed by atoms with Crippen LogP contribution in [-0.2, 0) is 0 Å². The third-order valence-corrected chi connectivity index (χ3v) is 4.23. The summed E-state index contributed by atoms with van der Waals surface area (Å²) >= 11 is 0. The topological polar surface area (TPSA) is 49.6 Å². The molecule has 5 heteroatoms.